The van der Waals surface area contributed by atoms with Crippen LogP contribution in [0.25, 0.3) is 0 Å². The number of amides is 1. The van der Waals surface area contributed by atoms with Crippen molar-refractivity contribution in [3.05, 3.63) is 0 Å². The molecule has 1 unspecified atom stereocenters. The van der Waals surface area contributed by atoms with Gasteiger partial charge in [-0.3, -0.25) is 9.59 Å². The second kappa shape index (κ2) is 3.84. The van der Waals surface area contributed by atoms with Crippen LogP contribution in [0.5, 0.6) is 0 Å². The third-order valence-electron chi connectivity index (χ3n) is 0.690. The summed E-state index contributed by atoms with van der Waals surface area (Å²) in [7, 11) is 0. The molecule has 2 atom stereocenters. The van der Waals surface area contributed by atoms with Gasteiger partial charge in [0.2, 0.25) is 5.91 Å². The highest BCUT2D eigenvalue weighted by molar-refractivity contribution is 5.76. The Kier molecular flexibility index (Phi) is 1.79. The number of hydrogen-bond acceptors (Lipinski definition) is 3. The Hall–Kier alpha value is -1.10. The lowest BCUT2D eigenvalue weighted by Gasteiger charge is -2.01. The minimum absolute atomic E-state index is 1.40. The van der Waals surface area contributed by atoms with Gasteiger partial charge in [-0.25, -0.2) is 0 Å². The Labute approximate surface area is 62.2 Å². The topological polar surface area (TPSA) is 106 Å². The maximum Gasteiger partial charge on any atom is 0.320 e. The largest absolute Gasteiger partial charge is 0.480 e. The maximum absolute atomic E-state index is 10.5. The molecular weight excluding hydrogens is 136 g/mol. The van der Waals surface area contributed by atoms with Gasteiger partial charge in [0, 0.05) is 10.5 Å². The number of carbonyl (C=O) groups is 2. The van der Waals surface area contributed by atoms with Crippen LogP contribution >= 0.6 is 0 Å². The zero-order valence-electron chi connectivity index (χ0n) is 8.07. The number of carbonyl (C=O) groups excluding carboxylic acids is 1. The van der Waals surface area contributed by atoms with Crippen LogP contribution in [-0.4, -0.2) is 23.0 Å². The van der Waals surface area contributed by atoms with Crippen LogP contribution in [0.1, 0.15) is 16.9 Å². The molecule has 0 rings (SSSR count). The molecule has 0 radical (unpaired) electrons. The summed E-state index contributed by atoms with van der Waals surface area (Å²) in [5.41, 5.74) is 9.58. The summed E-state index contributed by atoms with van der Waals surface area (Å²) in [5.74, 6) is -2.95. The lowest BCUT2D eigenvalue weighted by Crippen LogP contribution is -2.31. The SMILES string of the molecule is [2H]C([C@H](N)C(=O)O)C([2H])([2H])C(N)=O. The van der Waals surface area contributed by atoms with E-state index in [-0.39, 0.29) is 0 Å². The van der Waals surface area contributed by atoms with Crippen molar-refractivity contribution in [3.8, 4) is 0 Å². The van der Waals surface area contributed by atoms with Gasteiger partial charge in [-0.2, -0.15) is 0 Å². The zero-order chi connectivity index (χ0) is 10.8. The van der Waals surface area contributed by atoms with Crippen LogP contribution in [0.2, 0.25) is 0 Å². The molecule has 0 spiro atoms. The molecule has 0 aliphatic carbocycles. The summed E-state index contributed by atoms with van der Waals surface area (Å²) in [6.07, 6.45) is -4.65. The van der Waals surface area contributed by atoms with Crippen LogP contribution in [0.4, 0.5) is 0 Å². The van der Waals surface area contributed by atoms with Crippen molar-refractivity contribution in [2.75, 3.05) is 0 Å². The molecule has 0 heterocycles. The van der Waals surface area contributed by atoms with Gasteiger partial charge in [-0.15, -0.1) is 0 Å². The van der Waals surface area contributed by atoms with Gasteiger partial charge >= 0.3 is 5.97 Å². The Morgan fingerprint density at radius 1 is 1.70 bits per heavy atom. The molecule has 58 valence electrons. The number of rotatable bonds is 4. The van der Waals surface area contributed by atoms with Crippen molar-refractivity contribution in [1.82, 2.24) is 0 Å². The molecule has 5 nitrogen and oxygen atoms in total. The van der Waals surface area contributed by atoms with E-state index in [1.807, 2.05) is 0 Å². The first-order valence-electron chi connectivity index (χ1n) is 3.99. The molecule has 5 N–H and O–H groups in total. The van der Waals surface area contributed by atoms with E-state index in [0.717, 1.165) is 0 Å². The van der Waals surface area contributed by atoms with Gasteiger partial charge in [-0.1, -0.05) is 0 Å². The Bertz CT molecular complexity index is 233. The normalized spacial score (nSPS) is 21.5. The molecule has 0 fully saturated rings. The van der Waals surface area contributed by atoms with Gasteiger partial charge in [0.1, 0.15) is 6.04 Å². The summed E-state index contributed by atoms with van der Waals surface area (Å²) in [4.78, 5) is 20.7. The van der Waals surface area contributed by atoms with Crippen molar-refractivity contribution in [2.24, 2.45) is 11.5 Å². The van der Waals surface area contributed by atoms with Crippen LogP contribution in [0.3, 0.4) is 0 Å². The molecule has 0 aliphatic heterocycles. The molecule has 0 aliphatic rings. The highest BCUT2D eigenvalue weighted by Crippen LogP contribution is 1.92. The van der Waals surface area contributed by atoms with Crippen LogP contribution in [0.15, 0.2) is 0 Å². The molecule has 1 amide bonds. The van der Waals surface area contributed by atoms with Crippen molar-refractivity contribution in [2.45, 2.75) is 18.8 Å². The number of aliphatic carboxylic acids is 1. The van der Waals surface area contributed by atoms with Crippen molar-refractivity contribution >= 4 is 11.9 Å². The average Bonchev–Trinajstić information content (AvgIpc) is 2.01. The van der Waals surface area contributed by atoms with Crippen molar-refractivity contribution in [3.63, 3.8) is 0 Å². The van der Waals surface area contributed by atoms with Crippen LogP contribution < -0.4 is 11.5 Å². The summed E-state index contributed by atoms with van der Waals surface area (Å²) in [6, 6.07) is -1.78. The predicted molar refractivity (Wildman–Crippen MR) is 34.0 cm³/mol. The zero-order valence-corrected chi connectivity index (χ0v) is 5.07. The van der Waals surface area contributed by atoms with E-state index < -0.39 is 30.7 Å². The minimum atomic E-state index is -2.74. The first kappa shape index (κ1) is 4.68. The number of nitrogens with two attached hydrogens (primary N) is 2. The standard InChI is InChI=1S/C5H10N2O3/c6-3(5(9)10)1-2-4(7)8/h3H,1-2,6H2,(H2,7,8)(H,9,10)/t3-/m0/s1/i1D,2D2/t1?,3-. The fourth-order valence-corrected chi connectivity index (χ4v) is 0.243. The quantitative estimate of drug-likeness (QED) is 0.460. The molecule has 0 bridgehead atoms. The first-order chi connectivity index (χ1) is 5.71. The Morgan fingerprint density at radius 2 is 2.20 bits per heavy atom. The fourth-order valence-electron chi connectivity index (χ4n) is 0.243. The summed E-state index contributed by atoms with van der Waals surface area (Å²) < 4.78 is 21.0. The molecule has 5 heteroatoms. The van der Waals surface area contributed by atoms with Gasteiger partial charge < -0.3 is 16.6 Å². The third-order valence-corrected chi connectivity index (χ3v) is 0.690. The highest BCUT2D eigenvalue weighted by Gasteiger charge is 2.11. The predicted octanol–water partition coefficient (Wildman–Crippen LogP) is -1.34. The second-order valence-corrected chi connectivity index (χ2v) is 1.54. The van der Waals surface area contributed by atoms with E-state index in [1.165, 1.54) is 0 Å². The van der Waals surface area contributed by atoms with Gasteiger partial charge in [-0.05, 0) is 6.40 Å². The third kappa shape index (κ3) is 3.85. The smallest absolute Gasteiger partial charge is 0.320 e. The maximum atomic E-state index is 10.5. The van der Waals surface area contributed by atoms with E-state index in [0.29, 0.717) is 0 Å². The van der Waals surface area contributed by atoms with Crippen LogP contribution in [-0.2, 0) is 9.59 Å². The van der Waals surface area contributed by atoms with E-state index in [4.69, 9.17) is 15.0 Å². The summed E-state index contributed by atoms with van der Waals surface area (Å²) in [6.45, 7) is 0. The van der Waals surface area contributed by atoms with E-state index in [2.05, 4.69) is 5.73 Å². The Morgan fingerprint density at radius 3 is 2.50 bits per heavy atom. The molecule has 0 aromatic rings. The van der Waals surface area contributed by atoms with E-state index in [9.17, 15) is 9.59 Å². The number of primary amides is 1. The van der Waals surface area contributed by atoms with E-state index in [1.54, 1.807) is 0 Å². The van der Waals surface area contributed by atoms with Gasteiger partial charge in [0.05, 0.1) is 0 Å². The average molecular weight is 149 g/mol. The lowest BCUT2D eigenvalue weighted by atomic mass is 10.2. The van der Waals surface area contributed by atoms with Crippen molar-refractivity contribution in [1.29, 1.82) is 0 Å². The number of hydrogen-bond donors (Lipinski definition) is 3. The first-order valence-corrected chi connectivity index (χ1v) is 2.41. The van der Waals surface area contributed by atoms with Gasteiger partial charge in [0.25, 0.3) is 0 Å². The highest BCUT2D eigenvalue weighted by atomic mass is 16.4. The number of carboxylic acids is 1. The molecular formula is C5H10N2O3. The summed E-state index contributed by atoms with van der Waals surface area (Å²) >= 11 is 0. The molecule has 0 aromatic carbocycles. The summed E-state index contributed by atoms with van der Waals surface area (Å²) in [5, 5.41) is 8.33. The molecule has 0 saturated carbocycles. The molecule has 0 saturated heterocycles. The minimum Gasteiger partial charge on any atom is -0.480 e. The lowest BCUT2D eigenvalue weighted by molar-refractivity contribution is -0.138. The van der Waals surface area contributed by atoms with Gasteiger partial charge in [0.15, 0.2) is 0 Å². The second-order valence-electron chi connectivity index (χ2n) is 1.54. The van der Waals surface area contributed by atoms with Crippen LogP contribution in [0, 0.1) is 0 Å². The van der Waals surface area contributed by atoms with E-state index >= 15 is 0 Å². The monoisotopic (exact) mass is 149 g/mol. The fraction of sp³-hybridized carbons (Fsp3) is 0.600. The molecule has 0 aromatic heterocycles. The number of carboxylic acid groups (broad SMARTS) is 1. The Balaban J connectivity index is 4.67. The molecule has 10 heavy (non-hydrogen) atoms. The van der Waals surface area contributed by atoms with Crippen molar-refractivity contribution < 1.29 is 18.8 Å².